The van der Waals surface area contributed by atoms with E-state index in [1.54, 1.807) is 0 Å². The molecule has 0 amide bonds. The quantitative estimate of drug-likeness (QED) is 0.617. The van der Waals surface area contributed by atoms with Crippen LogP contribution in [0.1, 0.15) is 24.8 Å². The van der Waals surface area contributed by atoms with Crippen molar-refractivity contribution in [3.05, 3.63) is 29.8 Å². The van der Waals surface area contributed by atoms with Gasteiger partial charge in [-0.15, -0.1) is 0 Å². The number of hydrogen-bond acceptors (Lipinski definition) is 6. The number of aliphatic carboxylic acids is 1. The van der Waals surface area contributed by atoms with Crippen LogP contribution in [0.3, 0.4) is 0 Å². The van der Waals surface area contributed by atoms with Crippen molar-refractivity contribution < 1.29 is 27.9 Å². The van der Waals surface area contributed by atoms with Crippen LogP contribution in [0.15, 0.2) is 34.3 Å². The Morgan fingerprint density at radius 3 is 2.43 bits per heavy atom. The van der Waals surface area contributed by atoms with E-state index in [1.165, 1.54) is 24.3 Å². The number of hydrogen-bond donors (Lipinski definition) is 1. The Hall–Kier alpha value is -1.93. The molecule has 8 heteroatoms. The van der Waals surface area contributed by atoms with E-state index < -0.39 is 15.8 Å². The number of oxime groups is 1. The molecule has 1 aromatic rings. The van der Waals surface area contributed by atoms with E-state index in [-0.39, 0.29) is 22.0 Å². The van der Waals surface area contributed by atoms with Gasteiger partial charge in [0.1, 0.15) is 0 Å². The van der Waals surface area contributed by atoms with Crippen molar-refractivity contribution in [2.45, 2.75) is 35.5 Å². The number of rotatable bonds is 6. The largest absolute Gasteiger partial charge is 0.476 e. The highest BCUT2D eigenvalue weighted by Gasteiger charge is 2.36. The summed E-state index contributed by atoms with van der Waals surface area (Å²) in [5.41, 5.74) is 0.0402. The molecule has 1 saturated carbocycles. The van der Waals surface area contributed by atoms with Gasteiger partial charge in [-0.1, -0.05) is 17.3 Å². The molecule has 3 rings (SSSR count). The molecule has 0 spiro atoms. The third-order valence-corrected chi connectivity index (χ3v) is 6.08. The maximum absolute atomic E-state index is 12.1. The van der Waals surface area contributed by atoms with E-state index in [0.29, 0.717) is 38.0 Å². The van der Waals surface area contributed by atoms with E-state index in [4.69, 9.17) is 9.57 Å². The van der Waals surface area contributed by atoms with Gasteiger partial charge >= 0.3 is 5.97 Å². The van der Waals surface area contributed by atoms with E-state index in [2.05, 4.69) is 5.16 Å². The summed E-state index contributed by atoms with van der Waals surface area (Å²) >= 11 is 0. The van der Waals surface area contributed by atoms with E-state index in [9.17, 15) is 18.3 Å². The monoisotopic (exact) mass is 339 g/mol. The lowest BCUT2D eigenvalue weighted by Gasteiger charge is -2.08. The fourth-order valence-electron chi connectivity index (χ4n) is 2.31. The van der Waals surface area contributed by atoms with Gasteiger partial charge in [-0.3, -0.25) is 0 Å². The highest BCUT2D eigenvalue weighted by molar-refractivity contribution is 7.92. The van der Waals surface area contributed by atoms with Gasteiger partial charge in [0.25, 0.3) is 0 Å². The molecular weight excluding hydrogens is 322 g/mol. The first-order chi connectivity index (χ1) is 11.0. The average molecular weight is 339 g/mol. The van der Waals surface area contributed by atoms with E-state index >= 15 is 0 Å². The minimum Gasteiger partial charge on any atom is -0.476 e. The van der Waals surface area contributed by atoms with Gasteiger partial charge in [-0.2, -0.15) is 0 Å². The van der Waals surface area contributed by atoms with Gasteiger partial charge in [-0.25, -0.2) is 13.2 Å². The molecule has 1 N–H and O–H groups in total. The molecule has 1 atom stereocenters. The zero-order valence-electron chi connectivity index (χ0n) is 12.3. The minimum absolute atomic E-state index is 0.207. The van der Waals surface area contributed by atoms with Crippen LogP contribution in [0.4, 0.5) is 0 Å². The number of benzene rings is 1. The molecule has 2 aliphatic rings. The standard InChI is InChI=1S/C15H17NO6S/c17-15(18)14(16-22-11-7-8-21-9-11)10-1-3-12(4-2-10)23(19,20)13-5-6-13/h1-4,11,13H,5-9H2,(H,17,18)/b16-14+/t11-/m1/s1. The predicted octanol–water partition coefficient (Wildman–Crippen LogP) is 1.22. The molecule has 7 nitrogen and oxygen atoms in total. The lowest BCUT2D eigenvalue weighted by Crippen LogP contribution is -2.18. The first-order valence-electron chi connectivity index (χ1n) is 7.37. The van der Waals surface area contributed by atoms with Gasteiger partial charge in [0.05, 0.1) is 23.4 Å². The topological polar surface area (TPSA) is 102 Å². The SMILES string of the molecule is O=C(O)/C(=N/O[C@@H]1CCOC1)c1ccc(S(=O)(=O)C2CC2)cc1. The summed E-state index contributed by atoms with van der Waals surface area (Å²) in [4.78, 5) is 16.7. The Morgan fingerprint density at radius 1 is 1.22 bits per heavy atom. The highest BCUT2D eigenvalue weighted by atomic mass is 32.2. The second-order valence-electron chi connectivity index (χ2n) is 5.60. The fourth-order valence-corrected chi connectivity index (χ4v) is 3.97. The van der Waals surface area contributed by atoms with Crippen LogP contribution in [-0.2, 0) is 24.2 Å². The zero-order chi connectivity index (χ0) is 16.4. The van der Waals surface area contributed by atoms with Crippen LogP contribution in [0, 0.1) is 0 Å². The molecule has 0 aromatic heterocycles. The first-order valence-corrected chi connectivity index (χ1v) is 8.92. The number of carbonyl (C=O) groups is 1. The van der Waals surface area contributed by atoms with Crippen LogP contribution in [0.25, 0.3) is 0 Å². The van der Waals surface area contributed by atoms with Crippen LogP contribution >= 0.6 is 0 Å². The predicted molar refractivity (Wildman–Crippen MR) is 81.1 cm³/mol. The molecular formula is C15H17NO6S. The van der Waals surface area contributed by atoms with Crippen molar-refractivity contribution in [2.24, 2.45) is 5.16 Å². The average Bonchev–Trinajstić information content (AvgIpc) is 3.27. The summed E-state index contributed by atoms with van der Waals surface area (Å²) in [5, 5.41) is 12.7. The van der Waals surface area contributed by atoms with Crippen LogP contribution < -0.4 is 0 Å². The Morgan fingerprint density at radius 2 is 1.91 bits per heavy atom. The maximum Gasteiger partial charge on any atom is 0.358 e. The van der Waals surface area contributed by atoms with Crippen LogP contribution in [0.2, 0.25) is 0 Å². The third kappa shape index (κ3) is 3.53. The van der Waals surface area contributed by atoms with Crippen molar-refractivity contribution in [1.29, 1.82) is 0 Å². The van der Waals surface area contributed by atoms with E-state index in [0.717, 1.165) is 0 Å². The fraction of sp³-hybridized carbons (Fsp3) is 0.467. The lowest BCUT2D eigenvalue weighted by molar-refractivity contribution is -0.129. The van der Waals surface area contributed by atoms with E-state index in [1.807, 2.05) is 0 Å². The molecule has 1 heterocycles. The molecule has 1 aliphatic carbocycles. The smallest absolute Gasteiger partial charge is 0.358 e. The summed E-state index contributed by atoms with van der Waals surface area (Å²) in [6.45, 7) is 0.950. The summed E-state index contributed by atoms with van der Waals surface area (Å²) in [5.74, 6) is -1.23. The molecule has 0 bridgehead atoms. The van der Waals surface area contributed by atoms with Crippen molar-refractivity contribution in [1.82, 2.24) is 0 Å². The Bertz CT molecular complexity index is 715. The van der Waals surface area contributed by atoms with Gasteiger partial charge < -0.3 is 14.7 Å². The second kappa shape index (κ2) is 6.29. The van der Waals surface area contributed by atoms with Crippen LogP contribution in [-0.4, -0.2) is 49.8 Å². The number of carboxylic acids is 1. The molecule has 23 heavy (non-hydrogen) atoms. The molecule has 1 aliphatic heterocycles. The normalized spacial score (nSPS) is 22.1. The summed E-state index contributed by atoms with van der Waals surface area (Å²) in [7, 11) is -3.29. The molecule has 1 aromatic carbocycles. The Labute approximate surface area is 133 Å². The van der Waals surface area contributed by atoms with Gasteiger partial charge in [-0.05, 0) is 25.0 Å². The van der Waals surface area contributed by atoms with Crippen molar-refractivity contribution in [3.63, 3.8) is 0 Å². The van der Waals surface area contributed by atoms with Crippen molar-refractivity contribution >= 4 is 21.5 Å². The lowest BCUT2D eigenvalue weighted by atomic mass is 10.1. The first kappa shape index (κ1) is 15.9. The highest BCUT2D eigenvalue weighted by Crippen LogP contribution is 2.33. The Kier molecular flexibility index (Phi) is 4.36. The second-order valence-corrected chi connectivity index (χ2v) is 7.83. The minimum atomic E-state index is -3.29. The number of sulfone groups is 1. The molecule has 1 saturated heterocycles. The summed E-state index contributed by atoms with van der Waals surface area (Å²) in [6, 6.07) is 5.72. The van der Waals surface area contributed by atoms with Crippen molar-refractivity contribution in [3.8, 4) is 0 Å². The maximum atomic E-state index is 12.1. The summed E-state index contributed by atoms with van der Waals surface area (Å²) < 4.78 is 29.4. The number of ether oxygens (including phenoxy) is 1. The molecule has 0 radical (unpaired) electrons. The molecule has 124 valence electrons. The van der Waals surface area contributed by atoms with Crippen LogP contribution in [0.5, 0.6) is 0 Å². The van der Waals surface area contributed by atoms with Gasteiger partial charge in [0.2, 0.25) is 0 Å². The third-order valence-electron chi connectivity index (χ3n) is 3.80. The Balaban J connectivity index is 1.79. The summed E-state index contributed by atoms with van der Waals surface area (Å²) in [6.07, 6.45) is 1.78. The van der Waals surface area contributed by atoms with Crippen molar-refractivity contribution in [2.75, 3.05) is 13.2 Å². The molecule has 2 fully saturated rings. The number of carboxylic acid groups (broad SMARTS) is 1. The zero-order valence-corrected chi connectivity index (χ0v) is 13.2. The van der Waals surface area contributed by atoms with Gasteiger partial charge in [0, 0.05) is 12.0 Å². The number of nitrogens with zero attached hydrogens (tertiary/aromatic N) is 1. The molecule has 0 unspecified atom stereocenters. The van der Waals surface area contributed by atoms with Gasteiger partial charge in [0.15, 0.2) is 21.7 Å².